The van der Waals surface area contributed by atoms with E-state index in [1.165, 1.54) is 5.56 Å². The molecule has 8 heteroatoms. The Balaban J connectivity index is 1.30. The van der Waals surface area contributed by atoms with Crippen molar-refractivity contribution in [2.75, 3.05) is 24.5 Å². The predicted octanol–water partition coefficient (Wildman–Crippen LogP) is 2.58. The molecule has 1 aromatic carbocycles. The van der Waals surface area contributed by atoms with Gasteiger partial charge in [0.25, 0.3) is 0 Å². The number of hydrogen-bond acceptors (Lipinski definition) is 6. The SMILES string of the molecule is C[C@@H]1CN(c2ncnc3c2cnn3CCNC(=O)CCCc2ccccc2)C[C@H](C)O1. The molecule has 4 rings (SSSR count). The zero-order chi connectivity index (χ0) is 21.6. The molecule has 0 unspecified atom stereocenters. The Morgan fingerprint density at radius 1 is 1.16 bits per heavy atom. The third-order valence-corrected chi connectivity index (χ3v) is 5.49. The maximum absolute atomic E-state index is 12.2. The fourth-order valence-electron chi connectivity index (χ4n) is 4.13. The van der Waals surface area contributed by atoms with Crippen LogP contribution in [-0.4, -0.2) is 57.5 Å². The molecule has 2 aromatic heterocycles. The van der Waals surface area contributed by atoms with E-state index in [9.17, 15) is 4.79 Å². The molecule has 1 N–H and O–H groups in total. The minimum atomic E-state index is 0.0685. The van der Waals surface area contributed by atoms with Crippen molar-refractivity contribution < 1.29 is 9.53 Å². The van der Waals surface area contributed by atoms with Crippen LogP contribution in [0.15, 0.2) is 42.9 Å². The first-order valence-corrected chi connectivity index (χ1v) is 11.0. The highest BCUT2D eigenvalue weighted by Crippen LogP contribution is 2.25. The third kappa shape index (κ3) is 5.38. The van der Waals surface area contributed by atoms with Crippen LogP contribution >= 0.6 is 0 Å². The number of carbonyl (C=O) groups is 1. The number of morpholine rings is 1. The van der Waals surface area contributed by atoms with Crippen LogP contribution in [0, 0.1) is 0 Å². The first-order valence-electron chi connectivity index (χ1n) is 11.0. The van der Waals surface area contributed by atoms with Crippen LogP contribution in [0.5, 0.6) is 0 Å². The summed E-state index contributed by atoms with van der Waals surface area (Å²) in [5.74, 6) is 0.960. The lowest BCUT2D eigenvalue weighted by atomic mass is 10.1. The third-order valence-electron chi connectivity index (χ3n) is 5.49. The second kappa shape index (κ2) is 9.87. The molecule has 1 amide bonds. The van der Waals surface area contributed by atoms with Gasteiger partial charge in [-0.3, -0.25) is 4.79 Å². The zero-order valence-electron chi connectivity index (χ0n) is 18.2. The molecule has 1 fully saturated rings. The lowest BCUT2D eigenvalue weighted by Crippen LogP contribution is -2.45. The smallest absolute Gasteiger partial charge is 0.220 e. The maximum Gasteiger partial charge on any atom is 0.220 e. The molecule has 3 heterocycles. The highest BCUT2D eigenvalue weighted by atomic mass is 16.5. The van der Waals surface area contributed by atoms with E-state index in [-0.39, 0.29) is 18.1 Å². The average molecular weight is 423 g/mol. The van der Waals surface area contributed by atoms with Gasteiger partial charge < -0.3 is 15.0 Å². The minimum absolute atomic E-state index is 0.0685. The fraction of sp³-hybridized carbons (Fsp3) is 0.478. The number of benzene rings is 1. The molecular weight excluding hydrogens is 392 g/mol. The average Bonchev–Trinajstić information content (AvgIpc) is 3.17. The topological polar surface area (TPSA) is 85.2 Å². The van der Waals surface area contributed by atoms with Crippen molar-refractivity contribution in [3.05, 3.63) is 48.4 Å². The summed E-state index contributed by atoms with van der Waals surface area (Å²) in [6.45, 7) is 6.83. The standard InChI is InChI=1S/C23H30N6O2/c1-17-14-28(15-18(2)31-17)22-20-13-27-29(23(20)26-16-25-22)12-11-24-21(30)10-6-9-19-7-4-3-5-8-19/h3-5,7-8,13,16-18H,6,9-12,14-15H2,1-2H3,(H,24,30)/t17-,18+. The molecule has 0 radical (unpaired) electrons. The van der Waals surface area contributed by atoms with E-state index in [0.29, 0.717) is 19.5 Å². The maximum atomic E-state index is 12.2. The van der Waals surface area contributed by atoms with Gasteiger partial charge in [-0.2, -0.15) is 5.10 Å². The molecule has 31 heavy (non-hydrogen) atoms. The van der Waals surface area contributed by atoms with Gasteiger partial charge in [0.15, 0.2) is 5.65 Å². The lowest BCUT2D eigenvalue weighted by molar-refractivity contribution is -0.121. The number of fused-ring (bicyclic) bond motifs is 1. The van der Waals surface area contributed by atoms with Gasteiger partial charge in [0.05, 0.1) is 30.3 Å². The molecule has 1 aliphatic rings. The van der Waals surface area contributed by atoms with Crippen LogP contribution in [0.3, 0.4) is 0 Å². The van der Waals surface area contributed by atoms with Crippen molar-refractivity contribution in [3.63, 3.8) is 0 Å². The van der Waals surface area contributed by atoms with Crippen LogP contribution in [0.25, 0.3) is 11.0 Å². The number of anilines is 1. The Bertz CT molecular complexity index is 996. The minimum Gasteiger partial charge on any atom is -0.372 e. The molecule has 1 aliphatic heterocycles. The van der Waals surface area contributed by atoms with Gasteiger partial charge in [-0.1, -0.05) is 30.3 Å². The Morgan fingerprint density at radius 3 is 2.71 bits per heavy atom. The second-order valence-electron chi connectivity index (χ2n) is 8.15. The van der Waals surface area contributed by atoms with Gasteiger partial charge in [0.2, 0.25) is 5.91 Å². The summed E-state index contributed by atoms with van der Waals surface area (Å²) in [5.41, 5.74) is 2.05. The van der Waals surface area contributed by atoms with Gasteiger partial charge in [-0.05, 0) is 32.3 Å². The molecule has 1 saturated heterocycles. The molecular formula is C23H30N6O2. The van der Waals surface area contributed by atoms with Crippen LogP contribution in [0.2, 0.25) is 0 Å². The number of nitrogens with zero attached hydrogens (tertiary/aromatic N) is 5. The monoisotopic (exact) mass is 422 g/mol. The van der Waals surface area contributed by atoms with Gasteiger partial charge >= 0.3 is 0 Å². The number of ether oxygens (including phenoxy) is 1. The lowest BCUT2D eigenvalue weighted by Gasteiger charge is -2.36. The molecule has 164 valence electrons. The normalized spacial score (nSPS) is 19.0. The van der Waals surface area contributed by atoms with E-state index in [2.05, 4.69) is 51.3 Å². The molecule has 0 bridgehead atoms. The largest absolute Gasteiger partial charge is 0.372 e. The van der Waals surface area contributed by atoms with Gasteiger partial charge in [-0.15, -0.1) is 0 Å². The summed E-state index contributed by atoms with van der Waals surface area (Å²) in [7, 11) is 0. The molecule has 0 spiro atoms. The van der Waals surface area contributed by atoms with E-state index >= 15 is 0 Å². The van der Waals surface area contributed by atoms with E-state index in [0.717, 1.165) is 42.8 Å². The van der Waals surface area contributed by atoms with Crippen molar-refractivity contribution in [2.24, 2.45) is 0 Å². The Kier molecular flexibility index (Phi) is 6.76. The van der Waals surface area contributed by atoms with Crippen LogP contribution in [0.4, 0.5) is 5.82 Å². The van der Waals surface area contributed by atoms with Crippen LogP contribution < -0.4 is 10.2 Å². The van der Waals surface area contributed by atoms with E-state index in [1.807, 2.05) is 29.1 Å². The van der Waals surface area contributed by atoms with Crippen molar-refractivity contribution in [2.45, 2.75) is 51.9 Å². The summed E-state index contributed by atoms with van der Waals surface area (Å²) >= 11 is 0. The highest BCUT2D eigenvalue weighted by molar-refractivity contribution is 5.86. The number of carbonyl (C=O) groups excluding carboxylic acids is 1. The van der Waals surface area contributed by atoms with Crippen molar-refractivity contribution in [1.29, 1.82) is 0 Å². The zero-order valence-corrected chi connectivity index (χ0v) is 18.2. The second-order valence-corrected chi connectivity index (χ2v) is 8.15. The van der Waals surface area contributed by atoms with Crippen molar-refractivity contribution in [3.8, 4) is 0 Å². The number of hydrogen-bond donors (Lipinski definition) is 1. The summed E-state index contributed by atoms with van der Waals surface area (Å²) in [6, 6.07) is 10.2. The molecule has 0 aliphatic carbocycles. The molecule has 8 nitrogen and oxygen atoms in total. The Morgan fingerprint density at radius 2 is 1.94 bits per heavy atom. The van der Waals surface area contributed by atoms with Crippen molar-refractivity contribution >= 4 is 22.8 Å². The van der Waals surface area contributed by atoms with Crippen LogP contribution in [0.1, 0.15) is 32.3 Å². The van der Waals surface area contributed by atoms with E-state index in [4.69, 9.17) is 4.74 Å². The number of amides is 1. The first-order chi connectivity index (χ1) is 15.1. The van der Waals surface area contributed by atoms with E-state index in [1.54, 1.807) is 6.33 Å². The highest BCUT2D eigenvalue weighted by Gasteiger charge is 2.25. The van der Waals surface area contributed by atoms with Crippen molar-refractivity contribution in [1.82, 2.24) is 25.1 Å². The number of nitrogens with one attached hydrogen (secondary N) is 1. The summed E-state index contributed by atoms with van der Waals surface area (Å²) < 4.78 is 7.67. The predicted molar refractivity (Wildman–Crippen MR) is 120 cm³/mol. The summed E-state index contributed by atoms with van der Waals surface area (Å²) in [4.78, 5) is 23.4. The summed E-state index contributed by atoms with van der Waals surface area (Å²) in [5, 5.41) is 8.41. The molecule has 2 atom stereocenters. The quantitative estimate of drug-likeness (QED) is 0.601. The number of aromatic nitrogens is 4. The fourth-order valence-corrected chi connectivity index (χ4v) is 4.13. The number of aryl methyl sites for hydroxylation is 1. The van der Waals surface area contributed by atoms with Gasteiger partial charge in [0.1, 0.15) is 12.1 Å². The summed E-state index contributed by atoms with van der Waals surface area (Å²) in [6.07, 6.45) is 5.99. The van der Waals surface area contributed by atoms with Gasteiger partial charge in [-0.25, -0.2) is 14.6 Å². The molecule has 3 aromatic rings. The Labute approximate surface area is 182 Å². The number of rotatable bonds is 8. The van der Waals surface area contributed by atoms with E-state index < -0.39 is 0 Å². The first kappa shape index (κ1) is 21.2. The Hall–Kier alpha value is -3.00. The van der Waals surface area contributed by atoms with Crippen LogP contribution in [-0.2, 0) is 22.5 Å². The van der Waals surface area contributed by atoms with Gasteiger partial charge in [0, 0.05) is 26.1 Å². The molecule has 0 saturated carbocycles.